The van der Waals surface area contributed by atoms with E-state index in [-0.39, 0.29) is 0 Å². The van der Waals surface area contributed by atoms with E-state index in [0.717, 1.165) is 18.7 Å². The van der Waals surface area contributed by atoms with E-state index in [1.807, 2.05) is 19.3 Å². The van der Waals surface area contributed by atoms with Crippen LogP contribution in [0.15, 0.2) is 17.3 Å². The first-order chi connectivity index (χ1) is 6.27. The van der Waals surface area contributed by atoms with Gasteiger partial charge in [-0.15, -0.1) is 0 Å². The molecule has 1 aromatic rings. The molecule has 1 aromatic heterocycles. The zero-order valence-electron chi connectivity index (χ0n) is 7.99. The summed E-state index contributed by atoms with van der Waals surface area (Å²) < 4.78 is 1.72. The molecule has 0 bridgehead atoms. The average Bonchev–Trinajstić information content (AvgIpc) is 2.54. The number of aromatic nitrogens is 2. The average molecular weight is 181 g/mol. The highest BCUT2D eigenvalue weighted by Gasteiger charge is 2.03. The second-order valence-corrected chi connectivity index (χ2v) is 2.75. The van der Waals surface area contributed by atoms with Crippen molar-refractivity contribution in [2.45, 2.75) is 13.3 Å². The second kappa shape index (κ2) is 4.61. The first kappa shape index (κ1) is 9.73. The SMILES string of the molecule is CCCN=C(NN)c1ccn(C)n1. The van der Waals surface area contributed by atoms with Crippen LogP contribution in [0.4, 0.5) is 0 Å². The van der Waals surface area contributed by atoms with Gasteiger partial charge in [0, 0.05) is 19.8 Å². The molecule has 0 spiro atoms. The van der Waals surface area contributed by atoms with Crippen molar-refractivity contribution in [1.82, 2.24) is 15.2 Å². The Balaban J connectivity index is 2.77. The molecule has 1 heterocycles. The number of amidine groups is 1. The van der Waals surface area contributed by atoms with Crippen LogP contribution in [-0.2, 0) is 7.05 Å². The lowest BCUT2D eigenvalue weighted by Gasteiger charge is -2.00. The molecule has 0 radical (unpaired) electrons. The van der Waals surface area contributed by atoms with Gasteiger partial charge in [0.1, 0.15) is 5.69 Å². The first-order valence-corrected chi connectivity index (χ1v) is 4.29. The summed E-state index contributed by atoms with van der Waals surface area (Å²) in [6, 6.07) is 1.87. The Bertz CT molecular complexity index is 288. The molecule has 0 saturated heterocycles. The van der Waals surface area contributed by atoms with Crippen molar-refractivity contribution in [3.63, 3.8) is 0 Å². The molecule has 0 saturated carbocycles. The third kappa shape index (κ3) is 2.55. The highest BCUT2D eigenvalue weighted by molar-refractivity contribution is 5.96. The topological polar surface area (TPSA) is 68.2 Å². The van der Waals surface area contributed by atoms with Gasteiger partial charge in [-0.05, 0) is 12.5 Å². The van der Waals surface area contributed by atoms with Crippen LogP contribution in [0.1, 0.15) is 19.0 Å². The van der Waals surface area contributed by atoms with Crippen LogP contribution in [0.2, 0.25) is 0 Å². The van der Waals surface area contributed by atoms with Crippen LogP contribution < -0.4 is 11.3 Å². The van der Waals surface area contributed by atoms with E-state index in [1.165, 1.54) is 0 Å². The van der Waals surface area contributed by atoms with Gasteiger partial charge in [-0.3, -0.25) is 9.67 Å². The molecular formula is C8H15N5. The van der Waals surface area contributed by atoms with Gasteiger partial charge in [0.25, 0.3) is 0 Å². The molecule has 0 atom stereocenters. The summed E-state index contributed by atoms with van der Waals surface area (Å²) in [4.78, 5) is 4.25. The Kier molecular flexibility index (Phi) is 3.45. The van der Waals surface area contributed by atoms with E-state index in [4.69, 9.17) is 5.84 Å². The van der Waals surface area contributed by atoms with Gasteiger partial charge >= 0.3 is 0 Å². The summed E-state index contributed by atoms with van der Waals surface area (Å²) in [5, 5.41) is 4.18. The van der Waals surface area contributed by atoms with Gasteiger partial charge in [0.15, 0.2) is 5.84 Å². The van der Waals surface area contributed by atoms with E-state index < -0.39 is 0 Å². The van der Waals surface area contributed by atoms with Crippen molar-refractivity contribution in [2.75, 3.05) is 6.54 Å². The summed E-state index contributed by atoms with van der Waals surface area (Å²) in [6.45, 7) is 2.83. The fourth-order valence-corrected chi connectivity index (χ4v) is 0.966. The Morgan fingerprint density at radius 1 is 1.77 bits per heavy atom. The van der Waals surface area contributed by atoms with Gasteiger partial charge in [-0.1, -0.05) is 6.92 Å². The molecule has 13 heavy (non-hydrogen) atoms. The number of nitrogens with zero attached hydrogens (tertiary/aromatic N) is 3. The van der Waals surface area contributed by atoms with Crippen molar-refractivity contribution < 1.29 is 0 Å². The molecule has 0 aromatic carbocycles. The minimum atomic E-state index is 0.641. The van der Waals surface area contributed by atoms with E-state index in [9.17, 15) is 0 Å². The molecule has 1 rings (SSSR count). The van der Waals surface area contributed by atoms with E-state index >= 15 is 0 Å². The third-order valence-electron chi connectivity index (χ3n) is 1.59. The number of nitrogens with one attached hydrogen (secondary N) is 1. The predicted molar refractivity (Wildman–Crippen MR) is 52.2 cm³/mol. The molecular weight excluding hydrogens is 166 g/mol. The number of nitrogens with two attached hydrogens (primary N) is 1. The van der Waals surface area contributed by atoms with Gasteiger partial charge in [-0.25, -0.2) is 5.84 Å². The zero-order valence-corrected chi connectivity index (χ0v) is 7.99. The van der Waals surface area contributed by atoms with E-state index in [1.54, 1.807) is 4.68 Å². The maximum Gasteiger partial charge on any atom is 0.163 e. The van der Waals surface area contributed by atoms with Gasteiger partial charge in [-0.2, -0.15) is 5.10 Å². The normalized spacial score (nSPS) is 11.8. The van der Waals surface area contributed by atoms with Crippen LogP contribution in [0.3, 0.4) is 0 Å². The Morgan fingerprint density at radius 2 is 2.54 bits per heavy atom. The number of aryl methyl sites for hydroxylation is 1. The lowest BCUT2D eigenvalue weighted by molar-refractivity contribution is 0.761. The fraction of sp³-hybridized carbons (Fsp3) is 0.500. The standard InChI is InChI=1S/C8H15N5/c1-3-5-10-8(11-9)7-4-6-13(2)12-7/h4,6H,3,5,9H2,1-2H3,(H,10,11). The lowest BCUT2D eigenvalue weighted by Crippen LogP contribution is -2.31. The first-order valence-electron chi connectivity index (χ1n) is 4.29. The summed E-state index contributed by atoms with van der Waals surface area (Å²) in [5.41, 5.74) is 3.32. The molecule has 0 aliphatic heterocycles. The summed E-state index contributed by atoms with van der Waals surface area (Å²) in [5.74, 6) is 5.97. The quantitative estimate of drug-likeness (QED) is 0.299. The molecule has 0 fully saturated rings. The number of rotatable bonds is 3. The fourth-order valence-electron chi connectivity index (χ4n) is 0.966. The smallest absolute Gasteiger partial charge is 0.163 e. The van der Waals surface area contributed by atoms with Crippen molar-refractivity contribution >= 4 is 5.84 Å². The highest BCUT2D eigenvalue weighted by Crippen LogP contribution is 1.95. The predicted octanol–water partition coefficient (Wildman–Crippen LogP) is 0.0400. The third-order valence-corrected chi connectivity index (χ3v) is 1.59. The Hall–Kier alpha value is -1.36. The van der Waals surface area contributed by atoms with Gasteiger partial charge in [0.05, 0.1) is 0 Å². The number of hydrazine groups is 1. The van der Waals surface area contributed by atoms with Crippen LogP contribution in [0, 0.1) is 0 Å². The maximum absolute atomic E-state index is 5.32. The summed E-state index contributed by atoms with van der Waals surface area (Å²) in [6.07, 6.45) is 2.85. The molecule has 0 aliphatic rings. The minimum Gasteiger partial charge on any atom is -0.307 e. The van der Waals surface area contributed by atoms with Crippen molar-refractivity contribution in [2.24, 2.45) is 17.9 Å². The van der Waals surface area contributed by atoms with E-state index in [2.05, 4.69) is 22.4 Å². The molecule has 5 heteroatoms. The van der Waals surface area contributed by atoms with Crippen LogP contribution in [0.5, 0.6) is 0 Å². The summed E-state index contributed by atoms with van der Waals surface area (Å²) >= 11 is 0. The maximum atomic E-state index is 5.32. The van der Waals surface area contributed by atoms with Crippen molar-refractivity contribution in [1.29, 1.82) is 0 Å². The van der Waals surface area contributed by atoms with E-state index in [0.29, 0.717) is 5.84 Å². The largest absolute Gasteiger partial charge is 0.307 e. The van der Waals surface area contributed by atoms with Crippen LogP contribution in [-0.4, -0.2) is 22.2 Å². The molecule has 5 nitrogen and oxygen atoms in total. The zero-order chi connectivity index (χ0) is 9.68. The lowest BCUT2D eigenvalue weighted by atomic mass is 10.4. The van der Waals surface area contributed by atoms with Crippen molar-refractivity contribution in [3.05, 3.63) is 18.0 Å². The molecule has 0 aliphatic carbocycles. The number of aliphatic imine (C=N–C) groups is 1. The van der Waals surface area contributed by atoms with Gasteiger partial charge < -0.3 is 5.43 Å². The highest BCUT2D eigenvalue weighted by atomic mass is 15.3. The molecule has 3 N–H and O–H groups in total. The van der Waals surface area contributed by atoms with Crippen LogP contribution in [0.25, 0.3) is 0 Å². The van der Waals surface area contributed by atoms with Crippen LogP contribution >= 0.6 is 0 Å². The molecule has 0 amide bonds. The molecule has 72 valence electrons. The monoisotopic (exact) mass is 181 g/mol. The Labute approximate surface area is 77.6 Å². The Morgan fingerprint density at radius 3 is 3.00 bits per heavy atom. The minimum absolute atomic E-state index is 0.641. The number of hydrogen-bond donors (Lipinski definition) is 2. The van der Waals surface area contributed by atoms with Gasteiger partial charge in [0.2, 0.25) is 0 Å². The second-order valence-electron chi connectivity index (χ2n) is 2.75. The van der Waals surface area contributed by atoms with Crippen molar-refractivity contribution in [3.8, 4) is 0 Å². The number of hydrogen-bond acceptors (Lipinski definition) is 3. The summed E-state index contributed by atoms with van der Waals surface area (Å²) in [7, 11) is 1.86. The molecule has 0 unspecified atom stereocenters.